The average Bonchev–Trinajstić information content (AvgIpc) is 3.14. The third-order valence-corrected chi connectivity index (χ3v) is 4.65. The van der Waals surface area contributed by atoms with Gasteiger partial charge in [-0.05, 0) is 42.4 Å². The fourth-order valence-electron chi connectivity index (χ4n) is 3.11. The summed E-state index contributed by atoms with van der Waals surface area (Å²) < 4.78 is 16.4. The van der Waals surface area contributed by atoms with Crippen molar-refractivity contribution in [1.29, 1.82) is 0 Å². The molecule has 0 aromatic heterocycles. The molecule has 0 bridgehead atoms. The molecule has 0 saturated carbocycles. The van der Waals surface area contributed by atoms with Crippen LogP contribution in [0.5, 0.6) is 11.5 Å². The number of allylic oxidation sites excluding steroid dienone is 1. The van der Waals surface area contributed by atoms with Crippen LogP contribution in [0.2, 0.25) is 0 Å². The van der Waals surface area contributed by atoms with Gasteiger partial charge < -0.3 is 24.8 Å². The lowest BCUT2D eigenvalue weighted by atomic mass is 9.95. The van der Waals surface area contributed by atoms with Gasteiger partial charge in [0.2, 0.25) is 6.79 Å². The van der Waals surface area contributed by atoms with E-state index in [1.165, 1.54) is 0 Å². The van der Waals surface area contributed by atoms with E-state index in [-0.39, 0.29) is 13.4 Å². The van der Waals surface area contributed by atoms with Crippen molar-refractivity contribution < 1.29 is 19.0 Å². The molecule has 1 atom stereocenters. The molecule has 2 aromatic carbocycles. The molecule has 2 N–H and O–H groups in total. The number of rotatable bonds is 4. The fraction of sp³-hybridized carbons (Fsp3) is 0.200. The molecule has 0 saturated heterocycles. The summed E-state index contributed by atoms with van der Waals surface area (Å²) in [7, 11) is 0. The van der Waals surface area contributed by atoms with Gasteiger partial charge in [-0.25, -0.2) is 4.79 Å². The predicted molar refractivity (Wildman–Crippen MR) is 103 cm³/mol. The van der Waals surface area contributed by atoms with Crippen LogP contribution in [0.3, 0.4) is 0 Å². The SMILES string of the molecule is CC1=C(C(=O)OCc2ccccc2)C(c2ccc3c(c2)OCO3)NC(=S)N1. The minimum atomic E-state index is -0.434. The highest BCUT2D eigenvalue weighted by Gasteiger charge is 2.32. The van der Waals surface area contributed by atoms with E-state index >= 15 is 0 Å². The summed E-state index contributed by atoms with van der Waals surface area (Å²) in [5.74, 6) is 0.930. The quantitative estimate of drug-likeness (QED) is 0.622. The third-order valence-electron chi connectivity index (χ3n) is 4.43. The molecule has 4 rings (SSSR count). The Morgan fingerprint density at radius 3 is 2.78 bits per heavy atom. The van der Waals surface area contributed by atoms with Crippen LogP contribution in [0.15, 0.2) is 59.8 Å². The summed E-state index contributed by atoms with van der Waals surface area (Å²) in [6, 6.07) is 14.7. The zero-order valence-corrected chi connectivity index (χ0v) is 15.5. The van der Waals surface area contributed by atoms with E-state index in [2.05, 4.69) is 10.6 Å². The summed E-state index contributed by atoms with van der Waals surface area (Å²) in [5, 5.41) is 6.61. The molecule has 27 heavy (non-hydrogen) atoms. The van der Waals surface area contributed by atoms with Crippen LogP contribution < -0.4 is 20.1 Å². The van der Waals surface area contributed by atoms with Crippen molar-refractivity contribution in [1.82, 2.24) is 10.6 Å². The van der Waals surface area contributed by atoms with Crippen LogP contribution in [0.1, 0.15) is 24.1 Å². The lowest BCUT2D eigenvalue weighted by molar-refractivity contribution is -0.140. The molecule has 1 unspecified atom stereocenters. The number of carbonyl (C=O) groups excluding carboxylic acids is 1. The molecule has 2 aromatic rings. The minimum Gasteiger partial charge on any atom is -0.457 e. The number of ether oxygens (including phenoxy) is 3. The van der Waals surface area contributed by atoms with Crippen LogP contribution in [0, 0.1) is 0 Å². The topological polar surface area (TPSA) is 68.8 Å². The van der Waals surface area contributed by atoms with Crippen molar-refractivity contribution in [2.75, 3.05) is 6.79 Å². The highest BCUT2D eigenvalue weighted by atomic mass is 32.1. The van der Waals surface area contributed by atoms with Crippen LogP contribution in [-0.2, 0) is 16.1 Å². The summed E-state index contributed by atoms with van der Waals surface area (Å²) >= 11 is 5.28. The molecule has 138 valence electrons. The number of nitrogens with one attached hydrogen (secondary N) is 2. The molecular weight excluding hydrogens is 364 g/mol. The molecule has 6 nitrogen and oxygen atoms in total. The number of hydrogen-bond donors (Lipinski definition) is 2. The lowest BCUT2D eigenvalue weighted by Crippen LogP contribution is -2.45. The standard InChI is InChI=1S/C20H18N2O4S/c1-12-17(19(23)24-10-13-5-3-2-4-6-13)18(22-20(27)21-12)14-7-8-15-16(9-14)26-11-25-15/h2-9,18H,10-11H2,1H3,(H2,21,22,27). The normalized spacial score (nSPS) is 18.0. The largest absolute Gasteiger partial charge is 0.457 e. The highest BCUT2D eigenvalue weighted by Crippen LogP contribution is 2.37. The molecule has 0 fully saturated rings. The summed E-state index contributed by atoms with van der Waals surface area (Å²) in [5.41, 5.74) is 2.92. The van der Waals surface area contributed by atoms with Gasteiger partial charge in [0.15, 0.2) is 16.6 Å². The van der Waals surface area contributed by atoms with Crippen molar-refractivity contribution in [2.45, 2.75) is 19.6 Å². The zero-order valence-electron chi connectivity index (χ0n) is 14.7. The number of thiocarbonyl (C=S) groups is 1. The molecule has 2 aliphatic heterocycles. The third kappa shape index (κ3) is 3.59. The van der Waals surface area contributed by atoms with Gasteiger partial charge >= 0.3 is 5.97 Å². The first-order chi connectivity index (χ1) is 13.1. The molecule has 0 spiro atoms. The second-order valence-corrected chi connectivity index (χ2v) is 6.65. The van der Waals surface area contributed by atoms with Gasteiger partial charge in [-0.2, -0.15) is 0 Å². The molecule has 0 aliphatic carbocycles. The van der Waals surface area contributed by atoms with Gasteiger partial charge in [0, 0.05) is 5.70 Å². The van der Waals surface area contributed by atoms with E-state index in [0.717, 1.165) is 11.1 Å². The zero-order chi connectivity index (χ0) is 18.8. The average molecular weight is 382 g/mol. The Bertz CT molecular complexity index is 927. The Balaban J connectivity index is 1.60. The van der Waals surface area contributed by atoms with E-state index in [0.29, 0.717) is 27.9 Å². The maximum Gasteiger partial charge on any atom is 0.338 e. The number of fused-ring (bicyclic) bond motifs is 1. The first kappa shape index (κ1) is 17.4. The van der Waals surface area contributed by atoms with Gasteiger partial charge in [0.1, 0.15) is 6.61 Å². The van der Waals surface area contributed by atoms with Crippen molar-refractivity contribution in [3.8, 4) is 11.5 Å². The molecule has 2 aliphatic rings. The summed E-state index contributed by atoms with van der Waals surface area (Å²) in [4.78, 5) is 12.8. The van der Waals surface area contributed by atoms with E-state index < -0.39 is 12.0 Å². The maximum atomic E-state index is 12.8. The Kier molecular flexibility index (Phi) is 4.68. The van der Waals surface area contributed by atoms with Gasteiger partial charge in [-0.15, -0.1) is 0 Å². The minimum absolute atomic E-state index is 0.192. The molecule has 0 radical (unpaired) electrons. The Labute approximate surface area is 162 Å². The predicted octanol–water partition coefficient (Wildman–Crippen LogP) is 2.95. The smallest absolute Gasteiger partial charge is 0.338 e. The molecule has 0 amide bonds. The van der Waals surface area contributed by atoms with Crippen LogP contribution in [0.4, 0.5) is 0 Å². The van der Waals surface area contributed by atoms with Crippen molar-refractivity contribution in [2.24, 2.45) is 0 Å². The van der Waals surface area contributed by atoms with E-state index in [9.17, 15) is 4.79 Å². The second-order valence-electron chi connectivity index (χ2n) is 6.24. The second kappa shape index (κ2) is 7.28. The monoisotopic (exact) mass is 382 g/mol. The Hall–Kier alpha value is -3.06. The van der Waals surface area contributed by atoms with Crippen LogP contribution in [0.25, 0.3) is 0 Å². The Morgan fingerprint density at radius 2 is 1.96 bits per heavy atom. The van der Waals surface area contributed by atoms with Gasteiger partial charge in [0.25, 0.3) is 0 Å². The first-order valence-corrected chi connectivity index (χ1v) is 8.91. The van der Waals surface area contributed by atoms with E-state index in [1.807, 2.05) is 55.5 Å². The van der Waals surface area contributed by atoms with Crippen molar-refractivity contribution >= 4 is 23.3 Å². The number of hydrogen-bond acceptors (Lipinski definition) is 5. The van der Waals surface area contributed by atoms with Gasteiger partial charge in [0.05, 0.1) is 11.6 Å². The lowest BCUT2D eigenvalue weighted by Gasteiger charge is -2.30. The first-order valence-electron chi connectivity index (χ1n) is 8.50. The fourth-order valence-corrected chi connectivity index (χ4v) is 3.38. The number of carbonyl (C=O) groups is 1. The summed E-state index contributed by atoms with van der Waals surface area (Å²) in [6.45, 7) is 2.21. The van der Waals surface area contributed by atoms with E-state index in [4.69, 9.17) is 26.4 Å². The van der Waals surface area contributed by atoms with Crippen LogP contribution >= 0.6 is 12.2 Å². The molecule has 2 heterocycles. The van der Waals surface area contributed by atoms with Gasteiger partial charge in [-0.3, -0.25) is 0 Å². The molecular formula is C20H18N2O4S. The van der Waals surface area contributed by atoms with Crippen molar-refractivity contribution in [3.05, 3.63) is 70.9 Å². The van der Waals surface area contributed by atoms with Crippen LogP contribution in [-0.4, -0.2) is 17.9 Å². The summed E-state index contributed by atoms with van der Waals surface area (Å²) in [6.07, 6.45) is 0. The number of esters is 1. The van der Waals surface area contributed by atoms with E-state index in [1.54, 1.807) is 0 Å². The Morgan fingerprint density at radius 1 is 1.19 bits per heavy atom. The molecule has 7 heteroatoms. The van der Waals surface area contributed by atoms with Crippen molar-refractivity contribution in [3.63, 3.8) is 0 Å². The highest BCUT2D eigenvalue weighted by molar-refractivity contribution is 7.80. The number of benzene rings is 2. The van der Waals surface area contributed by atoms with Gasteiger partial charge in [-0.1, -0.05) is 36.4 Å². The maximum absolute atomic E-state index is 12.8.